The number of piperidine rings is 1. The first-order chi connectivity index (χ1) is 9.63. The number of aryl methyl sites for hydroxylation is 2. The lowest BCUT2D eigenvalue weighted by atomic mass is 10.0. The van der Waals surface area contributed by atoms with Gasteiger partial charge in [-0.05, 0) is 52.8 Å². The first-order valence-corrected chi connectivity index (χ1v) is 8.12. The zero-order valence-corrected chi connectivity index (χ0v) is 13.2. The number of hydrogen-bond acceptors (Lipinski definition) is 3. The molecule has 4 nitrogen and oxygen atoms in total. The van der Waals surface area contributed by atoms with Crippen LogP contribution in [0.1, 0.15) is 37.6 Å². The topological polar surface area (TPSA) is 24.3 Å². The molecule has 2 aliphatic rings. The summed E-state index contributed by atoms with van der Waals surface area (Å²) in [5.74, 6) is 0. The van der Waals surface area contributed by atoms with Crippen molar-refractivity contribution in [3.05, 3.63) is 17.5 Å². The highest BCUT2D eigenvalue weighted by atomic mass is 15.4. The van der Waals surface area contributed by atoms with Crippen LogP contribution in [0.25, 0.3) is 0 Å². The van der Waals surface area contributed by atoms with Crippen LogP contribution in [0.3, 0.4) is 0 Å². The Morgan fingerprint density at radius 1 is 1.20 bits per heavy atom. The summed E-state index contributed by atoms with van der Waals surface area (Å²) in [6.45, 7) is 12.7. The van der Waals surface area contributed by atoms with E-state index in [9.17, 15) is 0 Å². The Hall–Kier alpha value is -0.870. The van der Waals surface area contributed by atoms with Crippen molar-refractivity contribution in [1.29, 1.82) is 0 Å². The number of nitrogens with zero attached hydrogens (tertiary/aromatic N) is 4. The monoisotopic (exact) mass is 276 g/mol. The molecule has 3 heterocycles. The maximum absolute atomic E-state index is 4.58. The Morgan fingerprint density at radius 2 is 1.90 bits per heavy atom. The molecule has 1 aromatic heterocycles. The summed E-state index contributed by atoms with van der Waals surface area (Å²) in [5, 5.41) is 4.58. The van der Waals surface area contributed by atoms with Crippen molar-refractivity contribution in [2.75, 3.05) is 26.2 Å². The van der Waals surface area contributed by atoms with Crippen molar-refractivity contribution in [1.82, 2.24) is 19.6 Å². The molecule has 2 saturated heterocycles. The van der Waals surface area contributed by atoms with Gasteiger partial charge in [-0.1, -0.05) is 6.42 Å². The minimum Gasteiger partial charge on any atom is -0.298 e. The van der Waals surface area contributed by atoms with Crippen molar-refractivity contribution in [3.63, 3.8) is 0 Å². The van der Waals surface area contributed by atoms with E-state index in [0.29, 0.717) is 6.04 Å². The summed E-state index contributed by atoms with van der Waals surface area (Å²) >= 11 is 0. The van der Waals surface area contributed by atoms with Gasteiger partial charge in [-0.2, -0.15) is 5.10 Å². The summed E-state index contributed by atoms with van der Waals surface area (Å²) < 4.78 is 2.16. The zero-order valence-electron chi connectivity index (χ0n) is 13.2. The molecule has 4 heteroatoms. The summed E-state index contributed by atoms with van der Waals surface area (Å²) in [6, 6.07) is 3.58. The molecular weight excluding hydrogens is 248 g/mol. The van der Waals surface area contributed by atoms with Crippen LogP contribution >= 0.6 is 0 Å². The molecule has 3 rings (SSSR count). The summed E-state index contributed by atoms with van der Waals surface area (Å²) in [4.78, 5) is 5.31. The molecule has 0 amide bonds. The first-order valence-electron chi connectivity index (χ1n) is 8.12. The van der Waals surface area contributed by atoms with Crippen LogP contribution in [0.15, 0.2) is 6.07 Å². The van der Waals surface area contributed by atoms with Gasteiger partial charge >= 0.3 is 0 Å². The Morgan fingerprint density at radius 3 is 2.50 bits per heavy atom. The maximum Gasteiger partial charge on any atom is 0.0596 e. The van der Waals surface area contributed by atoms with Crippen LogP contribution < -0.4 is 0 Å². The standard InChI is InChI=1S/C16H28N4/c1-13-9-14(2)20(17-13)10-15(3)19-11-16(12-19)18-7-5-4-6-8-18/h9,15-16H,4-8,10-12H2,1-3H3. The highest BCUT2D eigenvalue weighted by Gasteiger charge is 2.34. The molecule has 1 atom stereocenters. The molecule has 112 valence electrons. The lowest BCUT2D eigenvalue weighted by Crippen LogP contribution is -2.63. The number of likely N-dealkylation sites (tertiary alicyclic amines) is 2. The zero-order chi connectivity index (χ0) is 14.1. The molecule has 0 aromatic carbocycles. The van der Waals surface area contributed by atoms with Crippen LogP contribution in [0.2, 0.25) is 0 Å². The molecule has 20 heavy (non-hydrogen) atoms. The van der Waals surface area contributed by atoms with Crippen molar-refractivity contribution >= 4 is 0 Å². The minimum atomic E-state index is 0.592. The van der Waals surface area contributed by atoms with Gasteiger partial charge in [0.1, 0.15) is 0 Å². The second-order valence-electron chi connectivity index (χ2n) is 6.66. The van der Waals surface area contributed by atoms with Crippen LogP contribution in [0.5, 0.6) is 0 Å². The molecule has 2 fully saturated rings. The number of aromatic nitrogens is 2. The fourth-order valence-electron chi connectivity index (χ4n) is 3.59. The van der Waals surface area contributed by atoms with E-state index in [1.165, 1.54) is 51.1 Å². The van der Waals surface area contributed by atoms with E-state index in [-0.39, 0.29) is 0 Å². The van der Waals surface area contributed by atoms with Gasteiger partial charge in [-0.25, -0.2) is 0 Å². The van der Waals surface area contributed by atoms with Gasteiger partial charge in [-0.3, -0.25) is 14.5 Å². The fourth-order valence-corrected chi connectivity index (χ4v) is 3.59. The molecule has 0 radical (unpaired) electrons. The van der Waals surface area contributed by atoms with Crippen LogP contribution in [0, 0.1) is 13.8 Å². The first kappa shape index (κ1) is 14.1. The SMILES string of the molecule is Cc1cc(C)n(CC(C)N2CC(N3CCCCC3)C2)n1. The molecule has 0 aliphatic carbocycles. The van der Waals surface area contributed by atoms with E-state index < -0.39 is 0 Å². The third kappa shape index (κ3) is 2.91. The summed E-state index contributed by atoms with van der Waals surface area (Å²) in [7, 11) is 0. The minimum absolute atomic E-state index is 0.592. The molecular formula is C16H28N4. The Labute approximate surface area is 122 Å². The molecule has 0 saturated carbocycles. The normalized spacial score (nSPS) is 23.8. The Bertz CT molecular complexity index is 441. The molecule has 0 bridgehead atoms. The molecule has 2 aliphatic heterocycles. The Balaban J connectivity index is 1.48. The Kier molecular flexibility index (Phi) is 4.13. The fraction of sp³-hybridized carbons (Fsp3) is 0.812. The molecule has 0 spiro atoms. The highest BCUT2D eigenvalue weighted by Crippen LogP contribution is 2.22. The smallest absolute Gasteiger partial charge is 0.0596 e. The van der Waals surface area contributed by atoms with Crippen molar-refractivity contribution < 1.29 is 0 Å². The largest absolute Gasteiger partial charge is 0.298 e. The van der Waals surface area contributed by atoms with Crippen molar-refractivity contribution in [2.24, 2.45) is 0 Å². The van der Waals surface area contributed by atoms with E-state index in [1.54, 1.807) is 0 Å². The predicted molar refractivity (Wildman–Crippen MR) is 81.9 cm³/mol. The average Bonchev–Trinajstić information content (AvgIpc) is 2.67. The van der Waals surface area contributed by atoms with Crippen molar-refractivity contribution in [2.45, 2.75) is 58.7 Å². The van der Waals surface area contributed by atoms with Crippen LogP contribution in [-0.4, -0.2) is 57.8 Å². The van der Waals surface area contributed by atoms with E-state index in [0.717, 1.165) is 18.3 Å². The summed E-state index contributed by atoms with van der Waals surface area (Å²) in [6.07, 6.45) is 4.23. The number of hydrogen-bond donors (Lipinski definition) is 0. The predicted octanol–water partition coefficient (Wildman–Crippen LogP) is 2.06. The number of rotatable bonds is 4. The molecule has 1 aromatic rings. The van der Waals surface area contributed by atoms with Gasteiger partial charge in [0.2, 0.25) is 0 Å². The summed E-state index contributed by atoms with van der Waals surface area (Å²) in [5.41, 5.74) is 2.41. The van der Waals surface area contributed by atoms with Gasteiger partial charge in [0.25, 0.3) is 0 Å². The van der Waals surface area contributed by atoms with E-state index in [1.807, 2.05) is 0 Å². The van der Waals surface area contributed by atoms with Gasteiger partial charge in [0.15, 0.2) is 0 Å². The van der Waals surface area contributed by atoms with E-state index >= 15 is 0 Å². The third-order valence-electron chi connectivity index (χ3n) is 4.96. The third-order valence-corrected chi connectivity index (χ3v) is 4.96. The second-order valence-corrected chi connectivity index (χ2v) is 6.66. The van der Waals surface area contributed by atoms with Crippen LogP contribution in [0.4, 0.5) is 0 Å². The van der Waals surface area contributed by atoms with Gasteiger partial charge in [0, 0.05) is 30.9 Å². The molecule has 1 unspecified atom stereocenters. The van der Waals surface area contributed by atoms with Gasteiger partial charge in [-0.15, -0.1) is 0 Å². The van der Waals surface area contributed by atoms with Gasteiger partial charge < -0.3 is 0 Å². The van der Waals surface area contributed by atoms with E-state index in [4.69, 9.17) is 0 Å². The maximum atomic E-state index is 4.58. The second kappa shape index (κ2) is 5.86. The quantitative estimate of drug-likeness (QED) is 0.841. The van der Waals surface area contributed by atoms with E-state index in [2.05, 4.69) is 46.4 Å². The van der Waals surface area contributed by atoms with Crippen molar-refractivity contribution in [3.8, 4) is 0 Å². The highest BCUT2D eigenvalue weighted by molar-refractivity contribution is 5.07. The lowest BCUT2D eigenvalue weighted by Gasteiger charge is -2.49. The lowest BCUT2D eigenvalue weighted by molar-refractivity contribution is -0.00386. The van der Waals surface area contributed by atoms with Gasteiger partial charge in [0.05, 0.1) is 12.2 Å². The molecule has 0 N–H and O–H groups in total. The average molecular weight is 276 g/mol. The van der Waals surface area contributed by atoms with Crippen LogP contribution in [-0.2, 0) is 6.54 Å².